The number of nitrogens with two attached hydrogens (primary N) is 1. The number of hydrogen-bond donors (Lipinski definition) is 11. The molecule has 3 aliphatic heterocycles. The van der Waals surface area contributed by atoms with E-state index in [2.05, 4.69) is 22.5 Å². The summed E-state index contributed by atoms with van der Waals surface area (Å²) in [6.45, 7) is -2.13. The molecule has 3 aliphatic rings. The van der Waals surface area contributed by atoms with Crippen molar-refractivity contribution in [1.29, 1.82) is 0 Å². The number of amides is 2. The van der Waals surface area contributed by atoms with Gasteiger partial charge < -0.3 is 80.9 Å². The summed E-state index contributed by atoms with van der Waals surface area (Å²) in [5.41, 5.74) is 5.60. The van der Waals surface area contributed by atoms with Gasteiger partial charge in [0.15, 0.2) is 18.9 Å². The van der Waals surface area contributed by atoms with Crippen LogP contribution in [-0.2, 0) is 33.3 Å². The highest BCUT2D eigenvalue weighted by molar-refractivity contribution is 5.77. The van der Waals surface area contributed by atoms with E-state index in [9.17, 15) is 50.4 Å². The maximum atomic E-state index is 12.7. The third-order valence-electron chi connectivity index (χ3n) is 7.87. The van der Waals surface area contributed by atoms with Crippen LogP contribution in [0.4, 0.5) is 0 Å². The van der Waals surface area contributed by atoms with Crippen molar-refractivity contribution in [3.63, 3.8) is 0 Å². The van der Waals surface area contributed by atoms with Gasteiger partial charge in [-0.3, -0.25) is 9.59 Å². The van der Waals surface area contributed by atoms with Crippen LogP contribution in [0.1, 0.15) is 25.7 Å². The first kappa shape index (κ1) is 38.0. The zero-order chi connectivity index (χ0) is 34.1. The van der Waals surface area contributed by atoms with Gasteiger partial charge in [0.1, 0.15) is 67.0 Å². The molecular formula is C28H43N3O15. The second-order valence-electron chi connectivity index (χ2n) is 11.1. The summed E-state index contributed by atoms with van der Waals surface area (Å²) in [6, 6.07) is -4.22. The molecule has 3 heterocycles. The lowest BCUT2D eigenvalue weighted by Crippen LogP contribution is -2.69. The van der Waals surface area contributed by atoms with Crippen molar-refractivity contribution in [2.45, 2.75) is 118 Å². The van der Waals surface area contributed by atoms with Gasteiger partial charge >= 0.3 is 0 Å². The highest BCUT2D eigenvalue weighted by Crippen LogP contribution is 2.30. The minimum absolute atomic E-state index is 0.0398. The highest BCUT2D eigenvalue weighted by atomic mass is 16.7. The molecule has 0 saturated carbocycles. The SMILES string of the molecule is C#CCCC(=O)NC1C(O)[C@H](O)C(CO)O[C@H]1O[C@H]1C(CO)OC(OCC2O[C@@H](O)C(N)[C@@H](O)[C@@H]2O)[C@H](NC(=O)CCC#C)C1O. The van der Waals surface area contributed by atoms with E-state index in [0.717, 1.165) is 0 Å². The molecule has 3 saturated heterocycles. The Morgan fingerprint density at radius 1 is 0.717 bits per heavy atom. The molecule has 0 bridgehead atoms. The van der Waals surface area contributed by atoms with E-state index in [1.807, 2.05) is 0 Å². The summed E-state index contributed by atoms with van der Waals surface area (Å²) in [6.07, 6.45) is -8.62. The maximum absolute atomic E-state index is 12.7. The summed E-state index contributed by atoms with van der Waals surface area (Å²) < 4.78 is 28.3. The number of carbonyl (C=O) groups excluding carboxylic acids is 2. The normalized spacial score (nSPS) is 41.2. The van der Waals surface area contributed by atoms with Crippen molar-refractivity contribution < 1.29 is 74.1 Å². The number of hydrogen-bond acceptors (Lipinski definition) is 16. The van der Waals surface area contributed by atoms with Crippen LogP contribution in [0.3, 0.4) is 0 Å². The second-order valence-corrected chi connectivity index (χ2v) is 11.1. The second kappa shape index (κ2) is 17.6. The maximum Gasteiger partial charge on any atom is 0.221 e. The van der Waals surface area contributed by atoms with E-state index in [1.165, 1.54) is 0 Å². The molecule has 0 aromatic carbocycles. The van der Waals surface area contributed by atoms with Crippen LogP contribution in [-0.4, -0.2) is 164 Å². The molecule has 18 nitrogen and oxygen atoms in total. The average molecular weight is 662 g/mol. The molecule has 46 heavy (non-hydrogen) atoms. The fraction of sp³-hybridized carbons (Fsp3) is 0.786. The largest absolute Gasteiger partial charge is 0.394 e. The van der Waals surface area contributed by atoms with Crippen molar-refractivity contribution in [2.75, 3.05) is 19.8 Å². The van der Waals surface area contributed by atoms with E-state index in [1.54, 1.807) is 0 Å². The number of terminal acetylenes is 2. The van der Waals surface area contributed by atoms with Gasteiger partial charge in [0.25, 0.3) is 0 Å². The Morgan fingerprint density at radius 2 is 1.24 bits per heavy atom. The Morgan fingerprint density at radius 3 is 1.78 bits per heavy atom. The van der Waals surface area contributed by atoms with Crippen LogP contribution in [0.5, 0.6) is 0 Å². The predicted molar refractivity (Wildman–Crippen MR) is 151 cm³/mol. The molecule has 0 spiro atoms. The predicted octanol–water partition coefficient (Wildman–Crippen LogP) is -6.53. The number of aliphatic hydroxyl groups is 8. The average Bonchev–Trinajstić information content (AvgIpc) is 3.04. The summed E-state index contributed by atoms with van der Waals surface area (Å²) in [4.78, 5) is 25.1. The molecule has 15 atom stereocenters. The Hall–Kier alpha value is -2.50. The molecule has 260 valence electrons. The Labute approximate surface area is 264 Å². The van der Waals surface area contributed by atoms with E-state index in [0.29, 0.717) is 0 Å². The molecule has 0 aliphatic carbocycles. The van der Waals surface area contributed by atoms with Crippen molar-refractivity contribution in [2.24, 2.45) is 5.73 Å². The monoisotopic (exact) mass is 661 g/mol. The first-order chi connectivity index (χ1) is 21.9. The fourth-order valence-corrected chi connectivity index (χ4v) is 5.22. The van der Waals surface area contributed by atoms with Crippen LogP contribution in [0.15, 0.2) is 0 Å². The van der Waals surface area contributed by atoms with Crippen molar-refractivity contribution in [3.8, 4) is 24.7 Å². The van der Waals surface area contributed by atoms with Crippen LogP contribution in [0.2, 0.25) is 0 Å². The number of aliphatic hydroxyl groups excluding tert-OH is 8. The van der Waals surface area contributed by atoms with E-state index < -0.39 is 124 Å². The molecule has 12 N–H and O–H groups in total. The first-order valence-corrected chi connectivity index (χ1v) is 14.6. The molecule has 0 radical (unpaired) electrons. The minimum atomic E-state index is -1.76. The smallest absolute Gasteiger partial charge is 0.221 e. The zero-order valence-electron chi connectivity index (χ0n) is 24.8. The van der Waals surface area contributed by atoms with Gasteiger partial charge in [0, 0.05) is 25.7 Å². The van der Waals surface area contributed by atoms with Crippen molar-refractivity contribution >= 4 is 11.8 Å². The molecule has 0 aromatic rings. The van der Waals surface area contributed by atoms with Crippen molar-refractivity contribution in [3.05, 3.63) is 0 Å². The summed E-state index contributed by atoms with van der Waals surface area (Å²) in [7, 11) is 0. The number of carbonyl (C=O) groups is 2. The quantitative estimate of drug-likeness (QED) is 0.0818. The van der Waals surface area contributed by atoms with Crippen LogP contribution in [0.25, 0.3) is 0 Å². The highest BCUT2D eigenvalue weighted by Gasteiger charge is 2.52. The zero-order valence-corrected chi connectivity index (χ0v) is 24.8. The van der Waals surface area contributed by atoms with Crippen LogP contribution < -0.4 is 16.4 Å². The lowest BCUT2D eigenvalue weighted by atomic mass is 9.94. The van der Waals surface area contributed by atoms with E-state index >= 15 is 0 Å². The van der Waals surface area contributed by atoms with Gasteiger partial charge in [-0.25, -0.2) is 0 Å². The van der Waals surface area contributed by atoms with E-state index in [4.69, 9.17) is 42.3 Å². The lowest BCUT2D eigenvalue weighted by Gasteiger charge is -2.48. The Kier molecular flexibility index (Phi) is 14.5. The van der Waals surface area contributed by atoms with Gasteiger partial charge in [0.05, 0.1) is 25.9 Å². The molecule has 3 rings (SSSR count). The molecule has 0 aromatic heterocycles. The van der Waals surface area contributed by atoms with Gasteiger partial charge in [-0.05, 0) is 0 Å². The van der Waals surface area contributed by atoms with Crippen molar-refractivity contribution in [1.82, 2.24) is 10.6 Å². The molecule has 18 heteroatoms. The lowest BCUT2D eigenvalue weighted by molar-refractivity contribution is -0.337. The number of rotatable bonds is 13. The number of nitrogens with one attached hydrogen (secondary N) is 2. The third-order valence-corrected chi connectivity index (χ3v) is 7.87. The molecule has 2 amide bonds. The fourth-order valence-electron chi connectivity index (χ4n) is 5.22. The Bertz CT molecular complexity index is 1090. The van der Waals surface area contributed by atoms with Crippen LogP contribution in [0, 0.1) is 24.7 Å². The third kappa shape index (κ3) is 9.10. The van der Waals surface area contributed by atoms with Gasteiger partial charge in [-0.1, -0.05) is 0 Å². The van der Waals surface area contributed by atoms with Crippen LogP contribution >= 0.6 is 0 Å². The van der Waals surface area contributed by atoms with E-state index in [-0.39, 0.29) is 25.7 Å². The standard InChI is InChI=1S/C28H43N3O15/c1-3-5-7-15(34)30-18-23(39)20(36)12(9-32)44-28(18)46-25-13(10-33)45-27(19(24(25)40)31-16(35)8-6-4-2)42-11-14-21(37)22(38)17(29)26(41)43-14/h1-2,12-14,17-28,32-33,36-41H,5-11,29H2,(H,30,34)(H,31,35)/t12?,13?,14?,17?,18?,19-,20-,21-,22-,23?,24?,25+,26-,27?,28+/m1/s1. The number of ether oxygens (including phenoxy) is 5. The van der Waals surface area contributed by atoms with Gasteiger partial charge in [-0.2, -0.15) is 0 Å². The first-order valence-electron chi connectivity index (χ1n) is 14.6. The summed E-state index contributed by atoms with van der Waals surface area (Å²) in [5.74, 6) is 3.31. The Balaban J connectivity index is 1.85. The molecule has 3 fully saturated rings. The van der Waals surface area contributed by atoms with Gasteiger partial charge in [-0.15, -0.1) is 24.7 Å². The summed E-state index contributed by atoms with van der Waals surface area (Å²) in [5, 5.41) is 88.0. The van der Waals surface area contributed by atoms with Gasteiger partial charge in [0.2, 0.25) is 11.8 Å². The molecular weight excluding hydrogens is 618 g/mol. The topological polar surface area (TPSA) is 292 Å². The molecule has 8 unspecified atom stereocenters. The minimum Gasteiger partial charge on any atom is -0.394 e. The summed E-state index contributed by atoms with van der Waals surface area (Å²) >= 11 is 0.